The van der Waals surface area contributed by atoms with Crippen molar-refractivity contribution in [2.75, 3.05) is 0 Å². The number of rotatable bonds is 3. The predicted octanol–water partition coefficient (Wildman–Crippen LogP) is 4.97. The molecule has 3 rings (SSSR count). The Bertz CT molecular complexity index is 848. The first kappa shape index (κ1) is 15.9. The SMILES string of the molecule is CC(C)c1cc(-c2nccc([Si](C)(C)C)n2)cc2ccccc12. The lowest BCUT2D eigenvalue weighted by Gasteiger charge is -2.17. The highest BCUT2D eigenvalue weighted by atomic mass is 28.3. The molecule has 0 N–H and O–H groups in total. The summed E-state index contributed by atoms with van der Waals surface area (Å²) in [5.74, 6) is 1.32. The van der Waals surface area contributed by atoms with Crippen LogP contribution in [0.1, 0.15) is 25.3 Å². The minimum absolute atomic E-state index is 0.472. The Balaban J connectivity index is 2.21. The van der Waals surface area contributed by atoms with Crippen molar-refractivity contribution in [3.8, 4) is 11.4 Å². The summed E-state index contributed by atoms with van der Waals surface area (Å²) in [7, 11) is -1.44. The fourth-order valence-corrected chi connectivity index (χ4v) is 3.88. The van der Waals surface area contributed by atoms with Crippen molar-refractivity contribution < 1.29 is 0 Å². The second-order valence-corrected chi connectivity index (χ2v) is 12.5. The Labute approximate surface area is 139 Å². The van der Waals surface area contributed by atoms with Crippen molar-refractivity contribution in [1.29, 1.82) is 0 Å². The van der Waals surface area contributed by atoms with Gasteiger partial charge in [0.05, 0.1) is 0 Å². The molecule has 0 atom stereocenters. The van der Waals surface area contributed by atoms with Crippen LogP contribution in [0.25, 0.3) is 22.2 Å². The van der Waals surface area contributed by atoms with E-state index in [2.05, 4.69) is 80.9 Å². The third-order valence-electron chi connectivity index (χ3n) is 4.20. The van der Waals surface area contributed by atoms with Gasteiger partial charge in [-0.1, -0.05) is 57.8 Å². The lowest BCUT2D eigenvalue weighted by molar-refractivity contribution is 0.876. The highest BCUT2D eigenvalue weighted by Gasteiger charge is 2.19. The van der Waals surface area contributed by atoms with Crippen LogP contribution in [-0.2, 0) is 0 Å². The fourth-order valence-electron chi connectivity index (χ4n) is 2.86. The monoisotopic (exact) mass is 320 g/mol. The molecule has 118 valence electrons. The summed E-state index contributed by atoms with van der Waals surface area (Å²) in [6, 6.07) is 15.1. The molecule has 0 aliphatic rings. The molecule has 0 saturated carbocycles. The second-order valence-electron chi connectivity index (χ2n) is 7.46. The molecule has 1 heterocycles. The largest absolute Gasteiger partial charge is 0.238 e. The van der Waals surface area contributed by atoms with Gasteiger partial charge >= 0.3 is 0 Å². The average molecular weight is 321 g/mol. The first-order valence-corrected chi connectivity index (χ1v) is 11.7. The van der Waals surface area contributed by atoms with Crippen LogP contribution in [0.5, 0.6) is 0 Å². The number of hydrogen-bond donors (Lipinski definition) is 0. The summed E-state index contributed by atoms with van der Waals surface area (Å²) in [5, 5.41) is 3.80. The average Bonchev–Trinajstić information content (AvgIpc) is 2.53. The third-order valence-corrected chi connectivity index (χ3v) is 6.01. The van der Waals surface area contributed by atoms with E-state index in [4.69, 9.17) is 4.98 Å². The quantitative estimate of drug-likeness (QED) is 0.637. The van der Waals surface area contributed by atoms with Crippen molar-refractivity contribution in [2.45, 2.75) is 39.4 Å². The van der Waals surface area contributed by atoms with Gasteiger partial charge in [-0.15, -0.1) is 0 Å². The van der Waals surface area contributed by atoms with Crippen LogP contribution in [0.4, 0.5) is 0 Å². The van der Waals surface area contributed by atoms with Gasteiger partial charge < -0.3 is 0 Å². The molecule has 3 heteroatoms. The molecule has 0 aliphatic heterocycles. The van der Waals surface area contributed by atoms with Crippen LogP contribution in [-0.4, -0.2) is 18.0 Å². The maximum Gasteiger partial charge on any atom is 0.158 e. The molecule has 0 unspecified atom stereocenters. The Morgan fingerprint density at radius 2 is 1.70 bits per heavy atom. The van der Waals surface area contributed by atoms with E-state index in [1.165, 1.54) is 21.7 Å². The predicted molar refractivity (Wildman–Crippen MR) is 102 cm³/mol. The second kappa shape index (κ2) is 5.89. The normalized spacial score (nSPS) is 12.1. The van der Waals surface area contributed by atoms with Crippen molar-refractivity contribution in [3.05, 3.63) is 54.2 Å². The van der Waals surface area contributed by atoms with Gasteiger partial charge in [-0.25, -0.2) is 9.97 Å². The summed E-state index contributed by atoms with van der Waals surface area (Å²) >= 11 is 0. The van der Waals surface area contributed by atoms with Gasteiger partial charge in [-0.3, -0.25) is 0 Å². The van der Waals surface area contributed by atoms with Crippen molar-refractivity contribution in [1.82, 2.24) is 9.97 Å². The Hall–Kier alpha value is -2.00. The molecule has 0 bridgehead atoms. The van der Waals surface area contributed by atoms with E-state index in [1.54, 1.807) is 0 Å². The standard InChI is InChI=1S/C20H24N2Si/c1-14(2)18-13-16(12-15-8-6-7-9-17(15)18)20-21-11-10-19(22-20)23(3,4)5/h6-14H,1-5H3. The van der Waals surface area contributed by atoms with E-state index in [0.29, 0.717) is 5.92 Å². The van der Waals surface area contributed by atoms with Gasteiger partial charge in [-0.05, 0) is 40.5 Å². The molecule has 0 spiro atoms. The summed E-state index contributed by atoms with van der Waals surface area (Å²) in [5.41, 5.74) is 2.48. The summed E-state index contributed by atoms with van der Waals surface area (Å²) in [4.78, 5) is 9.41. The van der Waals surface area contributed by atoms with Crippen molar-refractivity contribution in [3.63, 3.8) is 0 Å². The van der Waals surface area contributed by atoms with E-state index < -0.39 is 8.07 Å². The van der Waals surface area contributed by atoms with E-state index in [-0.39, 0.29) is 0 Å². The number of benzene rings is 2. The number of fused-ring (bicyclic) bond motifs is 1. The van der Waals surface area contributed by atoms with Crippen LogP contribution in [0.3, 0.4) is 0 Å². The summed E-state index contributed by atoms with van der Waals surface area (Å²) in [6.07, 6.45) is 1.90. The van der Waals surface area contributed by atoms with Crippen LogP contribution in [0.2, 0.25) is 19.6 Å². The van der Waals surface area contributed by atoms with Crippen molar-refractivity contribution in [2.24, 2.45) is 0 Å². The van der Waals surface area contributed by atoms with Gasteiger partial charge in [0.1, 0.15) is 8.07 Å². The lowest BCUT2D eigenvalue weighted by Crippen LogP contribution is -2.40. The Morgan fingerprint density at radius 3 is 2.39 bits per heavy atom. The first-order chi connectivity index (χ1) is 10.9. The number of hydrogen-bond acceptors (Lipinski definition) is 2. The van der Waals surface area contributed by atoms with Gasteiger partial charge in [-0.2, -0.15) is 0 Å². The zero-order valence-corrected chi connectivity index (χ0v) is 15.6. The van der Waals surface area contributed by atoms with Crippen molar-refractivity contribution >= 4 is 24.2 Å². The molecular weight excluding hydrogens is 296 g/mol. The molecule has 2 aromatic carbocycles. The van der Waals surface area contributed by atoms with Crippen LogP contribution in [0, 0.1) is 0 Å². The zero-order valence-electron chi connectivity index (χ0n) is 14.6. The number of nitrogens with zero attached hydrogens (tertiary/aromatic N) is 2. The molecule has 0 aliphatic carbocycles. The van der Waals surface area contributed by atoms with Gasteiger partial charge in [0, 0.05) is 17.1 Å². The Kier molecular flexibility index (Phi) is 4.07. The van der Waals surface area contributed by atoms with E-state index in [1.807, 2.05) is 6.20 Å². The molecule has 1 aromatic heterocycles. The smallest absolute Gasteiger partial charge is 0.158 e. The highest BCUT2D eigenvalue weighted by molar-refractivity contribution is 6.88. The van der Waals surface area contributed by atoms with E-state index in [0.717, 1.165) is 11.4 Å². The number of aromatic nitrogens is 2. The summed E-state index contributed by atoms with van der Waals surface area (Å²) in [6.45, 7) is 11.4. The molecule has 3 aromatic rings. The molecule has 0 fully saturated rings. The van der Waals surface area contributed by atoms with E-state index >= 15 is 0 Å². The van der Waals surface area contributed by atoms with Crippen LogP contribution >= 0.6 is 0 Å². The first-order valence-electron chi connectivity index (χ1n) is 8.23. The van der Waals surface area contributed by atoms with Gasteiger partial charge in [0.2, 0.25) is 0 Å². The Morgan fingerprint density at radius 1 is 0.957 bits per heavy atom. The van der Waals surface area contributed by atoms with Gasteiger partial charge in [0.25, 0.3) is 0 Å². The molecule has 23 heavy (non-hydrogen) atoms. The zero-order chi connectivity index (χ0) is 16.6. The van der Waals surface area contributed by atoms with E-state index in [9.17, 15) is 0 Å². The van der Waals surface area contributed by atoms with Crippen LogP contribution in [0.15, 0.2) is 48.7 Å². The fraction of sp³-hybridized carbons (Fsp3) is 0.300. The minimum Gasteiger partial charge on any atom is -0.238 e. The molecule has 0 radical (unpaired) electrons. The maximum atomic E-state index is 4.87. The molecule has 2 nitrogen and oxygen atoms in total. The highest BCUT2D eigenvalue weighted by Crippen LogP contribution is 2.30. The maximum absolute atomic E-state index is 4.87. The molecular formula is C20H24N2Si. The topological polar surface area (TPSA) is 25.8 Å². The van der Waals surface area contributed by atoms with Crippen LogP contribution < -0.4 is 5.32 Å². The minimum atomic E-state index is -1.44. The molecule has 0 saturated heterocycles. The molecule has 0 amide bonds. The third kappa shape index (κ3) is 3.20. The van der Waals surface area contributed by atoms with Gasteiger partial charge in [0.15, 0.2) is 5.82 Å². The summed E-state index contributed by atoms with van der Waals surface area (Å²) < 4.78 is 0. The lowest BCUT2D eigenvalue weighted by atomic mass is 9.93.